The van der Waals surface area contributed by atoms with Gasteiger partial charge in [0.05, 0.1) is 13.0 Å². The first-order chi connectivity index (χ1) is 9.79. The Morgan fingerprint density at radius 1 is 0.950 bits per heavy atom. The summed E-state index contributed by atoms with van der Waals surface area (Å²) in [7, 11) is 0. The third-order valence-electron chi connectivity index (χ3n) is 2.63. The first-order valence-electron chi connectivity index (χ1n) is 6.37. The number of hydrogen-bond donors (Lipinski definition) is 1. The van der Waals surface area contributed by atoms with Crippen LogP contribution in [0, 0.1) is 0 Å². The lowest BCUT2D eigenvalue weighted by atomic mass is 10.2. The van der Waals surface area contributed by atoms with Gasteiger partial charge in [-0.25, -0.2) is 0 Å². The molecular weight excluding hydrogens is 256 g/mol. The fraction of sp³-hybridized carbons (Fsp3) is 0.188. The number of para-hydroxylation sites is 2. The van der Waals surface area contributed by atoms with E-state index in [0.717, 1.165) is 5.56 Å². The number of rotatable bonds is 6. The van der Waals surface area contributed by atoms with E-state index in [1.54, 1.807) is 18.2 Å². The summed E-state index contributed by atoms with van der Waals surface area (Å²) >= 11 is 0. The molecule has 104 valence electrons. The maximum atomic E-state index is 11.4. The van der Waals surface area contributed by atoms with Crippen molar-refractivity contribution in [1.29, 1.82) is 0 Å². The Hall–Kier alpha value is -2.33. The number of esters is 1. The van der Waals surface area contributed by atoms with Crippen molar-refractivity contribution in [3.63, 3.8) is 0 Å². The second kappa shape index (κ2) is 7.31. The number of carbonyl (C=O) groups is 1. The molecule has 0 saturated carbocycles. The molecule has 0 amide bonds. The summed E-state index contributed by atoms with van der Waals surface area (Å²) < 4.78 is 10.8. The van der Waals surface area contributed by atoms with Gasteiger partial charge in [0.25, 0.3) is 0 Å². The molecule has 0 fully saturated rings. The Balaban J connectivity index is 2.02. The van der Waals surface area contributed by atoms with Crippen LogP contribution in [0.15, 0.2) is 54.6 Å². The van der Waals surface area contributed by atoms with E-state index in [0.29, 0.717) is 18.1 Å². The molecule has 2 rings (SSSR count). The molecule has 2 aromatic carbocycles. The van der Waals surface area contributed by atoms with Crippen LogP contribution in [0.5, 0.6) is 11.5 Å². The van der Waals surface area contributed by atoms with Crippen LogP contribution >= 0.6 is 0 Å². The molecule has 0 atom stereocenters. The van der Waals surface area contributed by atoms with E-state index >= 15 is 0 Å². The van der Waals surface area contributed by atoms with Crippen LogP contribution in [0.4, 0.5) is 0 Å². The molecule has 2 aromatic rings. The highest BCUT2D eigenvalue weighted by Gasteiger charge is 2.09. The lowest BCUT2D eigenvalue weighted by molar-refractivity contribution is -0.135. The zero-order chi connectivity index (χ0) is 14.2. The van der Waals surface area contributed by atoms with Crippen molar-refractivity contribution in [2.24, 2.45) is 0 Å². The number of hydrogen-bond acceptors (Lipinski definition) is 4. The Morgan fingerprint density at radius 3 is 2.30 bits per heavy atom. The zero-order valence-corrected chi connectivity index (χ0v) is 11.0. The zero-order valence-electron chi connectivity index (χ0n) is 11.0. The fourth-order valence-corrected chi connectivity index (χ4v) is 1.65. The Bertz CT molecular complexity index is 551. The second-order valence-electron chi connectivity index (χ2n) is 4.17. The van der Waals surface area contributed by atoms with Gasteiger partial charge in [0.15, 0.2) is 11.5 Å². The van der Waals surface area contributed by atoms with Crippen molar-refractivity contribution < 1.29 is 19.4 Å². The third kappa shape index (κ3) is 4.10. The molecule has 0 heterocycles. The summed E-state index contributed by atoms with van der Waals surface area (Å²) in [5, 5.41) is 8.70. The van der Waals surface area contributed by atoms with Crippen molar-refractivity contribution in [2.75, 3.05) is 6.61 Å². The molecule has 0 aliphatic heterocycles. The highest BCUT2D eigenvalue weighted by Crippen LogP contribution is 2.27. The smallest absolute Gasteiger partial charge is 0.313 e. The van der Waals surface area contributed by atoms with Crippen LogP contribution in [-0.2, 0) is 11.4 Å². The van der Waals surface area contributed by atoms with Gasteiger partial charge < -0.3 is 14.6 Å². The van der Waals surface area contributed by atoms with E-state index in [4.69, 9.17) is 14.6 Å². The monoisotopic (exact) mass is 272 g/mol. The predicted molar refractivity (Wildman–Crippen MR) is 74.6 cm³/mol. The van der Waals surface area contributed by atoms with E-state index in [1.807, 2.05) is 36.4 Å². The van der Waals surface area contributed by atoms with E-state index in [2.05, 4.69) is 0 Å². The van der Waals surface area contributed by atoms with Gasteiger partial charge in [-0.2, -0.15) is 0 Å². The molecule has 0 aliphatic carbocycles. The van der Waals surface area contributed by atoms with E-state index < -0.39 is 5.97 Å². The predicted octanol–water partition coefficient (Wildman–Crippen LogP) is 2.55. The maximum Gasteiger partial charge on any atom is 0.313 e. The minimum Gasteiger partial charge on any atom is -0.485 e. The van der Waals surface area contributed by atoms with Gasteiger partial charge in [0.1, 0.15) is 6.61 Å². The number of aliphatic hydroxyl groups is 1. The van der Waals surface area contributed by atoms with Crippen molar-refractivity contribution in [1.82, 2.24) is 0 Å². The standard InChI is InChI=1S/C16H16O4/c17-11-10-16(18)20-15-9-5-4-8-14(15)19-12-13-6-2-1-3-7-13/h1-9,17H,10-12H2. The van der Waals surface area contributed by atoms with Crippen LogP contribution in [0.1, 0.15) is 12.0 Å². The summed E-state index contributed by atoms with van der Waals surface area (Å²) in [6.45, 7) is 0.168. The summed E-state index contributed by atoms with van der Waals surface area (Å²) in [6.07, 6.45) is -0.0347. The van der Waals surface area contributed by atoms with Crippen LogP contribution in [0.2, 0.25) is 0 Å². The maximum absolute atomic E-state index is 11.4. The van der Waals surface area contributed by atoms with Crippen LogP contribution in [-0.4, -0.2) is 17.7 Å². The van der Waals surface area contributed by atoms with Gasteiger partial charge in [-0.15, -0.1) is 0 Å². The summed E-state index contributed by atoms with van der Waals surface area (Å²) in [4.78, 5) is 11.4. The molecule has 0 bridgehead atoms. The van der Waals surface area contributed by atoms with Crippen molar-refractivity contribution in [3.05, 3.63) is 60.2 Å². The van der Waals surface area contributed by atoms with Gasteiger partial charge in [-0.05, 0) is 17.7 Å². The first kappa shape index (κ1) is 14.1. The molecule has 0 aromatic heterocycles. The fourth-order valence-electron chi connectivity index (χ4n) is 1.65. The number of ether oxygens (including phenoxy) is 2. The van der Waals surface area contributed by atoms with E-state index in [9.17, 15) is 4.79 Å². The molecule has 4 heteroatoms. The molecule has 0 unspecified atom stereocenters. The molecule has 0 radical (unpaired) electrons. The average Bonchev–Trinajstić information content (AvgIpc) is 2.48. The highest BCUT2D eigenvalue weighted by molar-refractivity contribution is 5.73. The van der Waals surface area contributed by atoms with Gasteiger partial charge >= 0.3 is 5.97 Å². The third-order valence-corrected chi connectivity index (χ3v) is 2.63. The van der Waals surface area contributed by atoms with Gasteiger partial charge in [-0.3, -0.25) is 4.79 Å². The van der Waals surface area contributed by atoms with Gasteiger partial charge in [0, 0.05) is 0 Å². The number of aliphatic hydroxyl groups excluding tert-OH is 1. The largest absolute Gasteiger partial charge is 0.485 e. The first-order valence-corrected chi connectivity index (χ1v) is 6.37. The van der Waals surface area contributed by atoms with Crippen LogP contribution in [0.3, 0.4) is 0 Å². The summed E-state index contributed by atoms with van der Waals surface area (Å²) in [6, 6.07) is 16.7. The van der Waals surface area contributed by atoms with Crippen LogP contribution < -0.4 is 9.47 Å². The van der Waals surface area contributed by atoms with Gasteiger partial charge in [0.2, 0.25) is 0 Å². The normalized spacial score (nSPS) is 10.1. The van der Waals surface area contributed by atoms with E-state index in [-0.39, 0.29) is 13.0 Å². The SMILES string of the molecule is O=C(CCO)Oc1ccccc1OCc1ccccc1. The van der Waals surface area contributed by atoms with E-state index in [1.165, 1.54) is 0 Å². The van der Waals surface area contributed by atoms with Crippen molar-refractivity contribution in [2.45, 2.75) is 13.0 Å². The average molecular weight is 272 g/mol. The van der Waals surface area contributed by atoms with Crippen molar-refractivity contribution >= 4 is 5.97 Å². The molecule has 0 spiro atoms. The molecule has 0 saturated heterocycles. The molecule has 0 aliphatic rings. The minimum absolute atomic E-state index is 0.0347. The topological polar surface area (TPSA) is 55.8 Å². The number of benzene rings is 2. The highest BCUT2D eigenvalue weighted by atomic mass is 16.6. The van der Waals surface area contributed by atoms with Gasteiger partial charge in [-0.1, -0.05) is 42.5 Å². The van der Waals surface area contributed by atoms with Crippen LogP contribution in [0.25, 0.3) is 0 Å². The Kier molecular flexibility index (Phi) is 5.15. The Labute approximate surface area is 117 Å². The lowest BCUT2D eigenvalue weighted by Gasteiger charge is -2.11. The summed E-state index contributed by atoms with van der Waals surface area (Å²) in [5.74, 6) is 0.382. The molecule has 1 N–H and O–H groups in total. The number of carbonyl (C=O) groups excluding carboxylic acids is 1. The van der Waals surface area contributed by atoms with Crippen molar-refractivity contribution in [3.8, 4) is 11.5 Å². The molecule has 4 nitrogen and oxygen atoms in total. The second-order valence-corrected chi connectivity index (χ2v) is 4.17. The molecular formula is C16H16O4. The quantitative estimate of drug-likeness (QED) is 0.648. The lowest BCUT2D eigenvalue weighted by Crippen LogP contribution is -2.10. The molecule has 20 heavy (non-hydrogen) atoms. The Morgan fingerprint density at radius 2 is 1.60 bits per heavy atom. The minimum atomic E-state index is -0.483. The summed E-state index contributed by atoms with van der Waals surface area (Å²) in [5.41, 5.74) is 1.03.